The first kappa shape index (κ1) is 14.5. The fourth-order valence-electron chi connectivity index (χ4n) is 2.05. The Balaban J connectivity index is 2.22. The molecule has 20 heavy (non-hydrogen) atoms. The van der Waals surface area contributed by atoms with Crippen molar-refractivity contribution in [3.63, 3.8) is 0 Å². The van der Waals surface area contributed by atoms with Crippen molar-refractivity contribution in [1.82, 2.24) is 0 Å². The normalized spacial score (nSPS) is 11.9. The van der Waals surface area contributed by atoms with Crippen molar-refractivity contribution in [3.8, 4) is 0 Å². The van der Waals surface area contributed by atoms with E-state index in [1.54, 1.807) is 12.1 Å². The van der Waals surface area contributed by atoms with Crippen molar-refractivity contribution < 1.29 is 4.92 Å². The molecule has 0 heterocycles. The molecule has 2 aromatic rings. The van der Waals surface area contributed by atoms with Crippen LogP contribution in [0, 0.1) is 10.1 Å². The van der Waals surface area contributed by atoms with Gasteiger partial charge in [0.05, 0.1) is 11.0 Å². The van der Waals surface area contributed by atoms with Gasteiger partial charge in [-0.25, -0.2) is 0 Å². The highest BCUT2D eigenvalue weighted by Gasteiger charge is 2.11. The summed E-state index contributed by atoms with van der Waals surface area (Å²) in [7, 11) is 0. The summed E-state index contributed by atoms with van der Waals surface area (Å²) in [5, 5.41) is 14.1. The lowest BCUT2D eigenvalue weighted by molar-refractivity contribution is -0.384. The van der Waals surface area contributed by atoms with Gasteiger partial charge in [0, 0.05) is 22.3 Å². The topological polar surface area (TPSA) is 55.2 Å². The first-order valence-electron chi connectivity index (χ1n) is 6.36. The molecule has 1 N–H and O–H groups in total. The van der Waals surface area contributed by atoms with E-state index in [2.05, 4.69) is 34.2 Å². The van der Waals surface area contributed by atoms with E-state index in [0.717, 1.165) is 22.1 Å². The van der Waals surface area contributed by atoms with Crippen LogP contribution in [0.2, 0.25) is 0 Å². The zero-order valence-electron chi connectivity index (χ0n) is 11.0. The molecule has 104 valence electrons. The van der Waals surface area contributed by atoms with Crippen LogP contribution in [0.15, 0.2) is 53.0 Å². The quantitative estimate of drug-likeness (QED) is 0.623. The summed E-state index contributed by atoms with van der Waals surface area (Å²) in [5.74, 6) is 0. The minimum absolute atomic E-state index is 0.0964. The average Bonchev–Trinajstić information content (AvgIpc) is 2.45. The lowest BCUT2D eigenvalue weighted by atomic mass is 10.0. The maximum Gasteiger partial charge on any atom is 0.271 e. The molecule has 0 aliphatic heterocycles. The summed E-state index contributed by atoms with van der Waals surface area (Å²) in [6.07, 6.45) is 0.888. The molecule has 0 aliphatic carbocycles. The van der Waals surface area contributed by atoms with Crippen LogP contribution in [0.1, 0.15) is 24.9 Å². The third kappa shape index (κ3) is 3.57. The van der Waals surface area contributed by atoms with E-state index in [4.69, 9.17) is 0 Å². The van der Waals surface area contributed by atoms with Crippen LogP contribution in [0.25, 0.3) is 0 Å². The molecule has 0 saturated carbocycles. The van der Waals surface area contributed by atoms with E-state index in [-0.39, 0.29) is 16.7 Å². The van der Waals surface area contributed by atoms with E-state index >= 15 is 0 Å². The average molecular weight is 335 g/mol. The Hall–Kier alpha value is -1.88. The summed E-state index contributed by atoms with van der Waals surface area (Å²) in [6, 6.07) is 14.8. The minimum Gasteiger partial charge on any atom is -0.378 e. The van der Waals surface area contributed by atoms with Gasteiger partial charge in [-0.05, 0) is 30.2 Å². The molecular weight excluding hydrogens is 320 g/mol. The number of nitro benzene ring substituents is 1. The van der Waals surface area contributed by atoms with Crippen molar-refractivity contribution in [2.75, 3.05) is 5.32 Å². The van der Waals surface area contributed by atoms with Crippen molar-refractivity contribution in [2.24, 2.45) is 0 Å². The number of non-ortho nitro benzene ring substituents is 1. The fraction of sp³-hybridized carbons (Fsp3) is 0.200. The van der Waals surface area contributed by atoms with Crippen LogP contribution in [-0.2, 0) is 0 Å². The van der Waals surface area contributed by atoms with Gasteiger partial charge in [0.2, 0.25) is 0 Å². The predicted octanol–water partition coefficient (Wildman–Crippen LogP) is 4.92. The fourth-order valence-corrected chi connectivity index (χ4v) is 2.47. The predicted molar refractivity (Wildman–Crippen MR) is 83.9 cm³/mol. The largest absolute Gasteiger partial charge is 0.378 e. The highest BCUT2D eigenvalue weighted by Crippen LogP contribution is 2.26. The lowest BCUT2D eigenvalue weighted by Crippen LogP contribution is -2.09. The summed E-state index contributed by atoms with van der Waals surface area (Å²) in [5.41, 5.74) is 2.00. The molecule has 0 bridgehead atoms. The van der Waals surface area contributed by atoms with Crippen LogP contribution in [0.4, 0.5) is 11.4 Å². The monoisotopic (exact) mass is 334 g/mol. The van der Waals surface area contributed by atoms with Gasteiger partial charge in [0.25, 0.3) is 5.69 Å². The van der Waals surface area contributed by atoms with Crippen LogP contribution in [-0.4, -0.2) is 4.92 Å². The number of anilines is 1. The van der Waals surface area contributed by atoms with Gasteiger partial charge in [0.1, 0.15) is 0 Å². The zero-order chi connectivity index (χ0) is 14.5. The highest BCUT2D eigenvalue weighted by molar-refractivity contribution is 9.10. The van der Waals surface area contributed by atoms with E-state index < -0.39 is 0 Å². The molecule has 4 nitrogen and oxygen atoms in total. The maximum absolute atomic E-state index is 10.8. The second-order valence-corrected chi connectivity index (χ2v) is 5.38. The zero-order valence-corrected chi connectivity index (χ0v) is 12.6. The Bertz CT molecular complexity index is 616. The highest BCUT2D eigenvalue weighted by atomic mass is 79.9. The van der Waals surface area contributed by atoms with Crippen molar-refractivity contribution in [1.29, 1.82) is 0 Å². The van der Waals surface area contributed by atoms with Crippen molar-refractivity contribution in [3.05, 3.63) is 68.7 Å². The smallest absolute Gasteiger partial charge is 0.271 e. The third-order valence-corrected chi connectivity index (χ3v) is 3.55. The molecule has 0 saturated heterocycles. The molecule has 2 rings (SSSR count). The SMILES string of the molecule is CCC(Nc1cccc([N+](=O)[O-])c1)c1cccc(Br)c1. The Labute approximate surface area is 126 Å². The molecule has 0 amide bonds. The summed E-state index contributed by atoms with van der Waals surface area (Å²) in [6.45, 7) is 2.08. The van der Waals surface area contributed by atoms with Gasteiger partial charge in [-0.1, -0.05) is 41.1 Å². The van der Waals surface area contributed by atoms with Crippen LogP contribution in [0.5, 0.6) is 0 Å². The Morgan fingerprint density at radius 2 is 2.00 bits per heavy atom. The molecule has 1 unspecified atom stereocenters. The Morgan fingerprint density at radius 1 is 1.25 bits per heavy atom. The van der Waals surface area contributed by atoms with Gasteiger partial charge >= 0.3 is 0 Å². The van der Waals surface area contributed by atoms with Gasteiger partial charge < -0.3 is 5.32 Å². The van der Waals surface area contributed by atoms with Crippen molar-refractivity contribution >= 4 is 27.3 Å². The number of halogens is 1. The number of nitro groups is 1. The summed E-state index contributed by atoms with van der Waals surface area (Å²) < 4.78 is 1.02. The first-order chi connectivity index (χ1) is 9.60. The van der Waals surface area contributed by atoms with E-state index in [9.17, 15) is 10.1 Å². The number of benzene rings is 2. The van der Waals surface area contributed by atoms with Crippen LogP contribution >= 0.6 is 15.9 Å². The van der Waals surface area contributed by atoms with E-state index in [1.165, 1.54) is 6.07 Å². The molecule has 0 spiro atoms. The number of nitrogens with zero attached hydrogens (tertiary/aromatic N) is 1. The Kier molecular flexibility index (Phi) is 4.74. The molecule has 0 aromatic heterocycles. The number of rotatable bonds is 5. The van der Waals surface area contributed by atoms with Crippen LogP contribution < -0.4 is 5.32 Å². The van der Waals surface area contributed by atoms with Gasteiger partial charge in [-0.2, -0.15) is 0 Å². The molecular formula is C15H15BrN2O2. The first-order valence-corrected chi connectivity index (χ1v) is 7.16. The number of hydrogen-bond acceptors (Lipinski definition) is 3. The minimum atomic E-state index is -0.384. The molecule has 0 aliphatic rings. The molecule has 2 aromatic carbocycles. The number of hydrogen-bond donors (Lipinski definition) is 1. The van der Waals surface area contributed by atoms with Gasteiger partial charge in [-0.15, -0.1) is 0 Å². The van der Waals surface area contributed by atoms with E-state index in [1.807, 2.05) is 24.3 Å². The summed E-state index contributed by atoms with van der Waals surface area (Å²) >= 11 is 3.46. The lowest BCUT2D eigenvalue weighted by Gasteiger charge is -2.19. The maximum atomic E-state index is 10.8. The molecule has 5 heteroatoms. The van der Waals surface area contributed by atoms with Crippen molar-refractivity contribution in [2.45, 2.75) is 19.4 Å². The molecule has 0 fully saturated rings. The second kappa shape index (κ2) is 6.52. The molecule has 1 atom stereocenters. The number of nitrogens with one attached hydrogen (secondary N) is 1. The third-order valence-electron chi connectivity index (χ3n) is 3.06. The van der Waals surface area contributed by atoms with Crippen LogP contribution in [0.3, 0.4) is 0 Å². The second-order valence-electron chi connectivity index (χ2n) is 4.47. The van der Waals surface area contributed by atoms with Gasteiger partial charge in [0.15, 0.2) is 0 Å². The Morgan fingerprint density at radius 3 is 2.65 bits per heavy atom. The van der Waals surface area contributed by atoms with Gasteiger partial charge in [-0.3, -0.25) is 10.1 Å². The molecule has 0 radical (unpaired) electrons. The summed E-state index contributed by atoms with van der Waals surface area (Å²) in [4.78, 5) is 10.4. The standard InChI is InChI=1S/C15H15BrN2O2/c1-2-15(11-5-3-6-12(16)9-11)17-13-7-4-8-14(10-13)18(19)20/h3-10,15,17H,2H2,1H3. The van der Waals surface area contributed by atoms with E-state index in [0.29, 0.717) is 0 Å².